The Hall–Kier alpha value is -0.840. The summed E-state index contributed by atoms with van der Waals surface area (Å²) in [5.74, 6) is 0.654. The van der Waals surface area contributed by atoms with E-state index in [1.165, 1.54) is 0 Å². The highest BCUT2D eigenvalue weighted by molar-refractivity contribution is 9.10. The van der Waals surface area contributed by atoms with Gasteiger partial charge >= 0.3 is 0 Å². The molecule has 0 aromatic heterocycles. The van der Waals surface area contributed by atoms with E-state index in [1.807, 2.05) is 6.92 Å². The van der Waals surface area contributed by atoms with Crippen molar-refractivity contribution < 1.29 is 9.53 Å². The Bertz CT molecular complexity index is 651. The number of rotatable bonds is 5. The van der Waals surface area contributed by atoms with Gasteiger partial charge in [-0.25, -0.2) is 0 Å². The van der Waals surface area contributed by atoms with E-state index in [1.54, 1.807) is 36.4 Å². The lowest BCUT2D eigenvalue weighted by Gasteiger charge is -2.09. The second kappa shape index (κ2) is 7.43. The van der Waals surface area contributed by atoms with Gasteiger partial charge in [-0.2, -0.15) is 0 Å². The standard InChI is InChI=1S/C16H13Br2ClO2/c1-2-5-21-15-4-3-10(8-14(15)18)16(20)11-6-12(17)9-13(19)7-11/h3-4,6-9H,2,5H2,1H3. The van der Waals surface area contributed by atoms with E-state index in [-0.39, 0.29) is 5.78 Å². The van der Waals surface area contributed by atoms with Gasteiger partial charge in [-0.3, -0.25) is 4.79 Å². The van der Waals surface area contributed by atoms with Crippen LogP contribution < -0.4 is 4.74 Å². The minimum Gasteiger partial charge on any atom is -0.492 e. The molecule has 0 aliphatic carbocycles. The zero-order valence-electron chi connectivity index (χ0n) is 11.3. The molecule has 0 saturated carbocycles. The van der Waals surface area contributed by atoms with Crippen molar-refractivity contribution >= 4 is 49.2 Å². The van der Waals surface area contributed by atoms with E-state index in [2.05, 4.69) is 31.9 Å². The summed E-state index contributed by atoms with van der Waals surface area (Å²) in [6, 6.07) is 10.5. The average Bonchev–Trinajstić information content (AvgIpc) is 2.44. The Morgan fingerprint density at radius 1 is 1.14 bits per heavy atom. The van der Waals surface area contributed by atoms with Crippen molar-refractivity contribution in [1.82, 2.24) is 0 Å². The lowest BCUT2D eigenvalue weighted by Crippen LogP contribution is -2.02. The number of carbonyl (C=O) groups excluding carboxylic acids is 1. The molecule has 0 N–H and O–H groups in total. The Balaban J connectivity index is 2.29. The fourth-order valence-electron chi connectivity index (χ4n) is 1.82. The molecule has 2 rings (SSSR count). The molecule has 0 aliphatic heterocycles. The van der Waals surface area contributed by atoms with Crippen molar-refractivity contribution in [3.05, 3.63) is 61.5 Å². The molecule has 0 heterocycles. The van der Waals surface area contributed by atoms with Crippen LogP contribution in [0.5, 0.6) is 5.75 Å². The molecule has 0 aliphatic rings. The highest BCUT2D eigenvalue weighted by atomic mass is 79.9. The van der Waals surface area contributed by atoms with Crippen LogP contribution in [-0.2, 0) is 0 Å². The Kier molecular flexibility index (Phi) is 5.85. The summed E-state index contributed by atoms with van der Waals surface area (Å²) >= 11 is 12.8. The van der Waals surface area contributed by atoms with Gasteiger partial charge < -0.3 is 4.74 Å². The highest BCUT2D eigenvalue weighted by Crippen LogP contribution is 2.28. The molecule has 0 saturated heterocycles. The molecule has 0 bridgehead atoms. The number of carbonyl (C=O) groups is 1. The van der Waals surface area contributed by atoms with Crippen molar-refractivity contribution in [3.8, 4) is 5.75 Å². The highest BCUT2D eigenvalue weighted by Gasteiger charge is 2.13. The third kappa shape index (κ3) is 4.31. The molecule has 110 valence electrons. The van der Waals surface area contributed by atoms with Gasteiger partial charge in [0.05, 0.1) is 11.1 Å². The maximum atomic E-state index is 12.5. The van der Waals surface area contributed by atoms with Gasteiger partial charge in [0.25, 0.3) is 0 Å². The number of halogens is 3. The van der Waals surface area contributed by atoms with Gasteiger partial charge in [-0.1, -0.05) is 34.5 Å². The zero-order valence-corrected chi connectivity index (χ0v) is 15.3. The molecule has 5 heteroatoms. The van der Waals surface area contributed by atoms with Gasteiger partial charge in [-0.05, 0) is 58.7 Å². The molecule has 0 fully saturated rings. The van der Waals surface area contributed by atoms with Gasteiger partial charge in [0.2, 0.25) is 0 Å². The third-order valence-electron chi connectivity index (χ3n) is 2.78. The van der Waals surface area contributed by atoms with E-state index in [0.717, 1.165) is 21.1 Å². The normalized spacial score (nSPS) is 10.5. The van der Waals surface area contributed by atoms with Gasteiger partial charge in [0.15, 0.2) is 5.78 Å². The molecule has 2 aromatic carbocycles. The quantitative estimate of drug-likeness (QED) is 0.551. The topological polar surface area (TPSA) is 26.3 Å². The van der Waals surface area contributed by atoms with E-state index < -0.39 is 0 Å². The van der Waals surface area contributed by atoms with Crippen LogP contribution in [0.1, 0.15) is 29.3 Å². The molecule has 0 atom stereocenters. The largest absolute Gasteiger partial charge is 0.492 e. The Labute approximate surface area is 145 Å². The fraction of sp³-hybridized carbons (Fsp3) is 0.188. The van der Waals surface area contributed by atoms with Gasteiger partial charge in [0, 0.05) is 20.6 Å². The van der Waals surface area contributed by atoms with Crippen LogP contribution in [-0.4, -0.2) is 12.4 Å². The first-order chi connectivity index (χ1) is 10.0. The number of hydrogen-bond donors (Lipinski definition) is 0. The maximum Gasteiger partial charge on any atom is 0.193 e. The second-order valence-electron chi connectivity index (χ2n) is 4.48. The molecule has 2 aromatic rings. The summed E-state index contributed by atoms with van der Waals surface area (Å²) in [6.45, 7) is 2.69. The zero-order chi connectivity index (χ0) is 15.4. The minimum absolute atomic E-state index is 0.0825. The summed E-state index contributed by atoms with van der Waals surface area (Å²) in [7, 11) is 0. The van der Waals surface area contributed by atoms with Crippen LogP contribution in [0.4, 0.5) is 0 Å². The average molecular weight is 433 g/mol. The molecular formula is C16H13Br2ClO2. The second-order valence-corrected chi connectivity index (χ2v) is 6.69. The molecule has 0 unspecified atom stereocenters. The van der Waals surface area contributed by atoms with Crippen molar-refractivity contribution in [2.24, 2.45) is 0 Å². The van der Waals surface area contributed by atoms with Crippen molar-refractivity contribution in [1.29, 1.82) is 0 Å². The predicted molar refractivity (Wildman–Crippen MR) is 92.5 cm³/mol. The predicted octanol–water partition coefficient (Wildman–Crippen LogP) is 5.88. The summed E-state index contributed by atoms with van der Waals surface area (Å²) < 4.78 is 7.12. The summed E-state index contributed by atoms with van der Waals surface area (Å²) in [4.78, 5) is 12.5. The Morgan fingerprint density at radius 2 is 1.90 bits per heavy atom. The lowest BCUT2D eigenvalue weighted by molar-refractivity contribution is 0.103. The van der Waals surface area contributed by atoms with E-state index in [4.69, 9.17) is 16.3 Å². The first kappa shape index (κ1) is 16.5. The molecule has 2 nitrogen and oxygen atoms in total. The molecule has 0 radical (unpaired) electrons. The molecule has 0 spiro atoms. The monoisotopic (exact) mass is 430 g/mol. The number of ketones is 1. The fourth-order valence-corrected chi connectivity index (χ4v) is 3.18. The van der Waals surface area contributed by atoms with E-state index >= 15 is 0 Å². The van der Waals surface area contributed by atoms with Crippen LogP contribution >= 0.6 is 43.5 Å². The maximum absolute atomic E-state index is 12.5. The number of benzene rings is 2. The van der Waals surface area contributed by atoms with Crippen LogP contribution in [0.2, 0.25) is 5.02 Å². The van der Waals surface area contributed by atoms with Crippen LogP contribution in [0.15, 0.2) is 45.3 Å². The van der Waals surface area contributed by atoms with E-state index in [9.17, 15) is 4.79 Å². The van der Waals surface area contributed by atoms with Gasteiger partial charge in [-0.15, -0.1) is 0 Å². The van der Waals surface area contributed by atoms with Gasteiger partial charge in [0.1, 0.15) is 5.75 Å². The lowest BCUT2D eigenvalue weighted by atomic mass is 10.0. The number of hydrogen-bond acceptors (Lipinski definition) is 2. The molecule has 21 heavy (non-hydrogen) atoms. The Morgan fingerprint density at radius 3 is 2.52 bits per heavy atom. The summed E-state index contributed by atoms with van der Waals surface area (Å²) in [5.41, 5.74) is 1.13. The van der Waals surface area contributed by atoms with Crippen molar-refractivity contribution in [2.75, 3.05) is 6.61 Å². The molecule has 0 amide bonds. The van der Waals surface area contributed by atoms with Crippen molar-refractivity contribution in [2.45, 2.75) is 13.3 Å². The van der Waals surface area contributed by atoms with Crippen LogP contribution in [0.25, 0.3) is 0 Å². The van der Waals surface area contributed by atoms with Crippen LogP contribution in [0, 0.1) is 0 Å². The summed E-state index contributed by atoms with van der Waals surface area (Å²) in [5, 5.41) is 0.523. The van der Waals surface area contributed by atoms with Crippen LogP contribution in [0.3, 0.4) is 0 Å². The van der Waals surface area contributed by atoms with E-state index in [0.29, 0.717) is 22.8 Å². The first-order valence-corrected chi connectivity index (χ1v) is 8.41. The first-order valence-electron chi connectivity index (χ1n) is 6.44. The van der Waals surface area contributed by atoms with Crippen molar-refractivity contribution in [3.63, 3.8) is 0 Å². The SMILES string of the molecule is CCCOc1ccc(C(=O)c2cc(Cl)cc(Br)c2)cc1Br. The minimum atomic E-state index is -0.0825. The molecular weight excluding hydrogens is 419 g/mol. The third-order valence-corrected chi connectivity index (χ3v) is 4.08. The smallest absolute Gasteiger partial charge is 0.193 e. The summed E-state index contributed by atoms with van der Waals surface area (Å²) in [6.07, 6.45) is 0.934. The number of ether oxygens (including phenoxy) is 1.